The minimum Gasteiger partial charge on any atom is -0.486 e. The van der Waals surface area contributed by atoms with E-state index in [-0.39, 0.29) is 29.5 Å². The molecule has 1 amide bonds. The highest BCUT2D eigenvalue weighted by Crippen LogP contribution is 2.30. The van der Waals surface area contributed by atoms with Gasteiger partial charge >= 0.3 is 0 Å². The highest BCUT2D eigenvalue weighted by molar-refractivity contribution is 6.02. The predicted molar refractivity (Wildman–Crippen MR) is 136 cm³/mol. The molecule has 8 heteroatoms. The average Bonchev–Trinajstić information content (AvgIpc) is 3.33. The summed E-state index contributed by atoms with van der Waals surface area (Å²) in [5.41, 5.74) is 2.22. The summed E-state index contributed by atoms with van der Waals surface area (Å²) < 4.78 is 17.1. The summed E-state index contributed by atoms with van der Waals surface area (Å²) in [6.07, 6.45) is 2.09. The number of non-ortho nitro benzene ring substituents is 1. The van der Waals surface area contributed by atoms with Gasteiger partial charge in [0.25, 0.3) is 11.6 Å². The Morgan fingerprint density at radius 3 is 2.50 bits per heavy atom. The number of hydrogen-bond acceptors (Lipinski definition) is 6. The van der Waals surface area contributed by atoms with E-state index < -0.39 is 10.8 Å². The van der Waals surface area contributed by atoms with Gasteiger partial charge in [-0.05, 0) is 60.9 Å². The van der Waals surface area contributed by atoms with Gasteiger partial charge in [-0.25, -0.2) is 0 Å². The summed E-state index contributed by atoms with van der Waals surface area (Å²) in [6, 6.07) is 22.4. The lowest BCUT2D eigenvalue weighted by Crippen LogP contribution is -2.11. The van der Waals surface area contributed by atoms with E-state index in [2.05, 4.69) is 12.2 Å². The Bertz CT molecular complexity index is 1360. The van der Waals surface area contributed by atoms with Crippen LogP contribution in [0.15, 0.2) is 83.3 Å². The first-order chi connectivity index (χ1) is 17.4. The molecule has 0 unspecified atom stereocenters. The van der Waals surface area contributed by atoms with E-state index in [1.807, 2.05) is 49.4 Å². The van der Waals surface area contributed by atoms with Crippen LogP contribution in [0.3, 0.4) is 0 Å². The van der Waals surface area contributed by atoms with Gasteiger partial charge in [0.05, 0.1) is 16.7 Å². The number of hydrogen-bond donors (Lipinski definition) is 1. The zero-order valence-electron chi connectivity index (χ0n) is 20.0. The molecule has 0 atom stereocenters. The Labute approximate surface area is 208 Å². The topological polar surface area (TPSA) is 104 Å². The number of nitro benzene ring substituents is 1. The Balaban J connectivity index is 1.42. The second kappa shape index (κ2) is 11.2. The summed E-state index contributed by atoms with van der Waals surface area (Å²) in [4.78, 5) is 23.6. The number of carbonyl (C=O) groups excluding carboxylic acids is 1. The molecule has 0 saturated carbocycles. The van der Waals surface area contributed by atoms with Gasteiger partial charge in [0, 0.05) is 12.1 Å². The molecular formula is C28H26N2O6. The molecule has 184 valence electrons. The van der Waals surface area contributed by atoms with Crippen LogP contribution in [0.2, 0.25) is 0 Å². The van der Waals surface area contributed by atoms with Crippen LogP contribution in [0.25, 0.3) is 0 Å². The second-order valence-electron chi connectivity index (χ2n) is 8.29. The van der Waals surface area contributed by atoms with Crippen LogP contribution in [0.4, 0.5) is 11.4 Å². The molecular weight excluding hydrogens is 460 g/mol. The minimum absolute atomic E-state index is 0.0551. The number of benzene rings is 3. The molecule has 0 saturated heterocycles. The monoisotopic (exact) mass is 486 g/mol. The number of ether oxygens (including phenoxy) is 2. The van der Waals surface area contributed by atoms with E-state index >= 15 is 0 Å². The van der Waals surface area contributed by atoms with Crippen molar-refractivity contribution in [2.45, 2.75) is 33.3 Å². The third-order valence-corrected chi connectivity index (χ3v) is 5.31. The molecule has 0 fully saturated rings. The molecule has 3 aromatic carbocycles. The number of nitrogens with zero attached hydrogens (tertiary/aromatic N) is 1. The van der Waals surface area contributed by atoms with E-state index in [1.54, 1.807) is 12.1 Å². The molecule has 4 rings (SSSR count). The Kier molecular flexibility index (Phi) is 7.65. The van der Waals surface area contributed by atoms with Crippen LogP contribution in [-0.2, 0) is 13.0 Å². The summed E-state index contributed by atoms with van der Waals surface area (Å²) in [5.74, 6) is 1.44. The van der Waals surface area contributed by atoms with Crippen molar-refractivity contribution in [2.24, 2.45) is 0 Å². The number of carbonyl (C=O) groups is 1. The molecule has 4 aromatic rings. The summed E-state index contributed by atoms with van der Waals surface area (Å²) in [7, 11) is 0. The van der Waals surface area contributed by atoms with Gasteiger partial charge < -0.3 is 19.2 Å². The van der Waals surface area contributed by atoms with Gasteiger partial charge in [-0.15, -0.1) is 0 Å². The number of anilines is 1. The molecule has 8 nitrogen and oxygen atoms in total. The fourth-order valence-electron chi connectivity index (χ4n) is 3.60. The number of amides is 1. The predicted octanol–water partition coefficient (Wildman–Crippen LogP) is 7.07. The number of rotatable bonds is 10. The zero-order chi connectivity index (χ0) is 25.5. The van der Waals surface area contributed by atoms with Crippen molar-refractivity contribution in [2.75, 3.05) is 5.32 Å². The number of furan rings is 1. The third-order valence-electron chi connectivity index (χ3n) is 5.31. The molecule has 1 heterocycles. The first kappa shape index (κ1) is 24.5. The molecule has 0 radical (unpaired) electrons. The lowest BCUT2D eigenvalue weighted by atomic mass is 10.1. The first-order valence-electron chi connectivity index (χ1n) is 11.6. The average molecular weight is 487 g/mol. The van der Waals surface area contributed by atoms with Gasteiger partial charge in [-0.3, -0.25) is 14.9 Å². The zero-order valence-corrected chi connectivity index (χ0v) is 20.0. The molecule has 1 aromatic heterocycles. The maximum absolute atomic E-state index is 12.7. The van der Waals surface area contributed by atoms with Gasteiger partial charge in [-0.2, -0.15) is 0 Å². The Morgan fingerprint density at radius 2 is 1.78 bits per heavy atom. The molecule has 36 heavy (non-hydrogen) atoms. The van der Waals surface area contributed by atoms with Crippen molar-refractivity contribution < 1.29 is 23.6 Å². The number of nitrogens with one attached hydrogen (secondary N) is 1. The van der Waals surface area contributed by atoms with Crippen LogP contribution in [-0.4, -0.2) is 10.8 Å². The van der Waals surface area contributed by atoms with Gasteiger partial charge in [0.2, 0.25) is 0 Å². The van der Waals surface area contributed by atoms with E-state index in [9.17, 15) is 14.9 Å². The fraction of sp³-hybridized carbons (Fsp3) is 0.179. The number of aryl methyl sites for hydroxylation is 2. The molecule has 0 aliphatic rings. The van der Waals surface area contributed by atoms with E-state index in [4.69, 9.17) is 13.9 Å². The standard InChI is InChI=1S/C28H26N2O6/c1-3-5-20-8-10-23(11-9-20)34-18-25-12-13-27(36-25)28(31)29-21-15-22(30(32)33)17-26(16-21)35-24-7-4-6-19(2)14-24/h4,6-17H,3,5,18H2,1-2H3,(H,29,31). The number of nitro groups is 1. The quantitative estimate of drug-likeness (QED) is 0.190. The van der Waals surface area contributed by atoms with Crippen molar-refractivity contribution in [1.29, 1.82) is 0 Å². The lowest BCUT2D eigenvalue weighted by molar-refractivity contribution is -0.384. The molecule has 0 bridgehead atoms. The molecule has 1 N–H and O–H groups in total. The maximum atomic E-state index is 12.7. The summed E-state index contributed by atoms with van der Waals surface area (Å²) >= 11 is 0. The Morgan fingerprint density at radius 1 is 0.972 bits per heavy atom. The largest absolute Gasteiger partial charge is 0.486 e. The molecule has 0 spiro atoms. The molecule has 0 aliphatic heterocycles. The molecule has 0 aliphatic carbocycles. The van der Waals surface area contributed by atoms with E-state index in [1.165, 1.54) is 29.8 Å². The summed E-state index contributed by atoms with van der Waals surface area (Å²) in [5, 5.41) is 14.1. The Hall–Kier alpha value is -4.59. The fourth-order valence-corrected chi connectivity index (χ4v) is 3.60. The van der Waals surface area contributed by atoms with E-state index in [0.29, 0.717) is 17.3 Å². The lowest BCUT2D eigenvalue weighted by Gasteiger charge is -2.09. The van der Waals surface area contributed by atoms with Crippen molar-refractivity contribution in [3.8, 4) is 17.2 Å². The smallest absolute Gasteiger partial charge is 0.291 e. The summed E-state index contributed by atoms with van der Waals surface area (Å²) in [6.45, 7) is 4.20. The van der Waals surface area contributed by atoms with Crippen LogP contribution in [0.5, 0.6) is 17.2 Å². The van der Waals surface area contributed by atoms with Crippen LogP contribution < -0.4 is 14.8 Å². The van der Waals surface area contributed by atoms with Crippen molar-refractivity contribution >= 4 is 17.3 Å². The van der Waals surface area contributed by atoms with Crippen LogP contribution in [0, 0.1) is 17.0 Å². The first-order valence-corrected chi connectivity index (χ1v) is 11.6. The van der Waals surface area contributed by atoms with Gasteiger partial charge in [-0.1, -0.05) is 37.6 Å². The highest BCUT2D eigenvalue weighted by atomic mass is 16.6. The normalized spacial score (nSPS) is 10.6. The maximum Gasteiger partial charge on any atom is 0.291 e. The highest BCUT2D eigenvalue weighted by Gasteiger charge is 2.16. The van der Waals surface area contributed by atoms with Crippen LogP contribution in [0.1, 0.15) is 40.8 Å². The van der Waals surface area contributed by atoms with Gasteiger partial charge in [0.15, 0.2) is 5.76 Å². The van der Waals surface area contributed by atoms with Gasteiger partial charge in [0.1, 0.15) is 29.6 Å². The van der Waals surface area contributed by atoms with Crippen molar-refractivity contribution in [1.82, 2.24) is 0 Å². The van der Waals surface area contributed by atoms with Crippen molar-refractivity contribution in [3.05, 3.63) is 112 Å². The van der Waals surface area contributed by atoms with E-state index in [0.717, 1.165) is 18.4 Å². The van der Waals surface area contributed by atoms with Crippen LogP contribution >= 0.6 is 0 Å². The SMILES string of the molecule is CCCc1ccc(OCc2ccc(C(=O)Nc3cc(Oc4cccc(C)c4)cc([N+](=O)[O-])c3)o2)cc1. The second-order valence-corrected chi connectivity index (χ2v) is 8.29. The minimum atomic E-state index is -0.549. The van der Waals surface area contributed by atoms with Crippen molar-refractivity contribution in [3.63, 3.8) is 0 Å². The third kappa shape index (κ3) is 6.50.